The van der Waals surface area contributed by atoms with E-state index < -0.39 is 34.8 Å². The van der Waals surface area contributed by atoms with Crippen LogP contribution >= 0.6 is 11.6 Å². The molecule has 1 fully saturated rings. The minimum absolute atomic E-state index is 0.0138. The van der Waals surface area contributed by atoms with Gasteiger partial charge in [-0.05, 0) is 44.2 Å². The lowest BCUT2D eigenvalue weighted by Crippen LogP contribution is -2.47. The van der Waals surface area contributed by atoms with Crippen LogP contribution in [0.15, 0.2) is 36.4 Å². The second-order valence-corrected chi connectivity index (χ2v) is 8.80. The molecule has 1 heterocycles. The third-order valence-corrected chi connectivity index (χ3v) is 6.12. The Balaban J connectivity index is 1.46. The van der Waals surface area contributed by atoms with Gasteiger partial charge >= 0.3 is 0 Å². The first kappa shape index (κ1) is 24.8. The third-order valence-electron chi connectivity index (χ3n) is 5.81. The third kappa shape index (κ3) is 4.91. The molecule has 0 atom stereocenters. The summed E-state index contributed by atoms with van der Waals surface area (Å²) >= 11 is 6.44. The van der Waals surface area contributed by atoms with E-state index in [1.165, 1.54) is 0 Å². The smallest absolute Gasteiger partial charge is 0.255 e. The van der Waals surface area contributed by atoms with Crippen LogP contribution in [0.1, 0.15) is 21.5 Å². The maximum absolute atomic E-state index is 14.2. The molecule has 0 bridgehead atoms. The molecule has 1 N–H and O–H groups in total. The number of carbonyl (C=O) groups excluding carboxylic acids is 1. The number of anilines is 3. The van der Waals surface area contributed by atoms with Crippen molar-refractivity contribution < 1.29 is 26.7 Å². The number of aryl methyl sites for hydroxylation is 2. The number of amides is 1. The summed E-state index contributed by atoms with van der Waals surface area (Å²) in [6.07, 6.45) is 0. The molecular weight excluding hydrogens is 489 g/mol. The van der Waals surface area contributed by atoms with E-state index in [1.807, 2.05) is 24.8 Å². The van der Waals surface area contributed by atoms with Crippen LogP contribution in [0, 0.1) is 42.9 Å². The van der Waals surface area contributed by atoms with Gasteiger partial charge in [-0.15, -0.1) is 0 Å². The van der Waals surface area contributed by atoms with E-state index in [9.17, 15) is 26.7 Å². The Bertz CT molecular complexity index is 1260. The lowest BCUT2D eigenvalue weighted by molar-refractivity contribution is 0.102. The fourth-order valence-electron chi connectivity index (χ4n) is 4.19. The van der Waals surface area contributed by atoms with Gasteiger partial charge in [0, 0.05) is 37.4 Å². The predicted molar refractivity (Wildman–Crippen MR) is 126 cm³/mol. The van der Waals surface area contributed by atoms with Gasteiger partial charge in [-0.25, -0.2) is 22.0 Å². The minimum Gasteiger partial charge on any atom is -0.367 e. The first-order valence-electron chi connectivity index (χ1n) is 10.8. The molecule has 3 aromatic carbocycles. The van der Waals surface area contributed by atoms with Crippen LogP contribution in [0.25, 0.3) is 0 Å². The van der Waals surface area contributed by atoms with Gasteiger partial charge < -0.3 is 15.1 Å². The highest BCUT2D eigenvalue weighted by molar-refractivity contribution is 6.33. The number of nitrogens with one attached hydrogen (secondary N) is 1. The van der Waals surface area contributed by atoms with Crippen LogP contribution in [-0.2, 0) is 0 Å². The number of halogens is 6. The monoisotopic (exact) mass is 509 g/mol. The largest absolute Gasteiger partial charge is 0.367 e. The lowest BCUT2D eigenvalue weighted by atomic mass is 10.1. The Morgan fingerprint density at radius 3 is 1.83 bits per heavy atom. The van der Waals surface area contributed by atoms with Crippen LogP contribution in [0.4, 0.5) is 39.0 Å². The zero-order valence-electron chi connectivity index (χ0n) is 18.9. The molecule has 35 heavy (non-hydrogen) atoms. The van der Waals surface area contributed by atoms with Crippen molar-refractivity contribution in [3.05, 3.63) is 87.2 Å². The number of piperazine rings is 1. The van der Waals surface area contributed by atoms with E-state index in [0.29, 0.717) is 22.0 Å². The van der Waals surface area contributed by atoms with E-state index in [4.69, 9.17) is 11.6 Å². The molecule has 0 radical (unpaired) electrons. The first-order valence-corrected chi connectivity index (χ1v) is 11.1. The Hall–Kier alpha value is -3.33. The predicted octanol–water partition coefficient (Wildman–Crippen LogP) is 6.23. The fraction of sp³-hybridized carbons (Fsp3) is 0.240. The molecule has 0 aliphatic carbocycles. The number of nitrogens with zero attached hydrogens (tertiary/aromatic N) is 2. The average Bonchev–Trinajstić information content (AvgIpc) is 2.82. The highest BCUT2D eigenvalue weighted by Gasteiger charge is 2.31. The van der Waals surface area contributed by atoms with Gasteiger partial charge in [0.05, 0.1) is 10.7 Å². The Labute approximate surface area is 203 Å². The van der Waals surface area contributed by atoms with Crippen molar-refractivity contribution >= 4 is 34.6 Å². The van der Waals surface area contributed by atoms with Crippen LogP contribution < -0.4 is 15.1 Å². The summed E-state index contributed by atoms with van der Waals surface area (Å²) < 4.78 is 68.8. The molecule has 0 saturated carbocycles. The van der Waals surface area contributed by atoms with Gasteiger partial charge in [0.25, 0.3) is 5.91 Å². The fourth-order valence-corrected chi connectivity index (χ4v) is 4.49. The Morgan fingerprint density at radius 2 is 1.29 bits per heavy atom. The van der Waals surface area contributed by atoms with E-state index in [0.717, 1.165) is 16.0 Å². The molecule has 184 valence electrons. The lowest BCUT2D eigenvalue weighted by Gasteiger charge is -2.38. The Morgan fingerprint density at radius 1 is 0.771 bits per heavy atom. The number of hydrogen-bond acceptors (Lipinski definition) is 3. The van der Waals surface area contributed by atoms with Crippen molar-refractivity contribution in [2.75, 3.05) is 41.3 Å². The van der Waals surface area contributed by atoms with E-state index in [2.05, 4.69) is 5.32 Å². The van der Waals surface area contributed by atoms with Gasteiger partial charge in [-0.2, -0.15) is 0 Å². The minimum atomic E-state index is -2.18. The summed E-state index contributed by atoms with van der Waals surface area (Å²) in [5.41, 5.74) is 2.63. The number of hydrogen-bond donors (Lipinski definition) is 1. The van der Waals surface area contributed by atoms with Crippen LogP contribution in [0.2, 0.25) is 5.02 Å². The molecule has 1 aliphatic heterocycles. The van der Waals surface area contributed by atoms with Gasteiger partial charge in [-0.3, -0.25) is 4.79 Å². The quantitative estimate of drug-likeness (QED) is 0.257. The number of rotatable bonds is 4. The summed E-state index contributed by atoms with van der Waals surface area (Å²) in [6.45, 7) is 4.29. The SMILES string of the molecule is Cc1cc(C)cc(C(=O)Nc2ccc(N3CCN(c4c(F)c(F)c(F)c(F)c4F)CC3)c(Cl)c2)c1. The molecule has 0 aromatic heterocycles. The van der Waals surface area contributed by atoms with Crippen molar-refractivity contribution in [1.82, 2.24) is 0 Å². The number of carbonyl (C=O) groups is 1. The molecule has 10 heteroatoms. The maximum atomic E-state index is 14.2. The summed E-state index contributed by atoms with van der Waals surface area (Å²) in [5.74, 6) is -10.1. The van der Waals surface area contributed by atoms with Crippen molar-refractivity contribution in [3.63, 3.8) is 0 Å². The first-order chi connectivity index (χ1) is 16.6. The van der Waals surface area contributed by atoms with Crippen LogP contribution in [0.5, 0.6) is 0 Å². The standard InChI is InChI=1S/C25H21ClF5N3O/c1-13-9-14(2)11-15(10-13)25(35)32-16-3-4-18(17(26)12-16)33-5-7-34(8-6-33)24-22(30)20(28)19(27)21(29)23(24)31/h3-4,9-12H,5-8H2,1-2H3,(H,32,35). The maximum Gasteiger partial charge on any atom is 0.255 e. The zero-order chi connectivity index (χ0) is 25.4. The second kappa shape index (κ2) is 9.73. The summed E-state index contributed by atoms with van der Waals surface area (Å²) in [4.78, 5) is 15.6. The van der Waals surface area contributed by atoms with Gasteiger partial charge in [0.15, 0.2) is 23.3 Å². The molecule has 1 amide bonds. The van der Waals surface area contributed by atoms with Crippen molar-refractivity contribution in [1.29, 1.82) is 0 Å². The van der Waals surface area contributed by atoms with Crippen LogP contribution in [-0.4, -0.2) is 32.1 Å². The van der Waals surface area contributed by atoms with E-state index >= 15 is 0 Å². The summed E-state index contributed by atoms with van der Waals surface area (Å²) in [5, 5.41) is 3.15. The molecular formula is C25H21ClF5N3O. The second-order valence-electron chi connectivity index (χ2n) is 8.39. The number of benzene rings is 3. The normalized spacial score (nSPS) is 13.8. The molecule has 4 rings (SSSR count). The van der Waals surface area contributed by atoms with E-state index in [1.54, 1.807) is 30.3 Å². The molecule has 1 saturated heterocycles. The highest BCUT2D eigenvalue weighted by Crippen LogP contribution is 2.33. The van der Waals surface area contributed by atoms with Crippen LogP contribution in [0.3, 0.4) is 0 Å². The average molecular weight is 510 g/mol. The van der Waals surface area contributed by atoms with Crippen molar-refractivity contribution in [2.45, 2.75) is 13.8 Å². The molecule has 4 nitrogen and oxygen atoms in total. The topological polar surface area (TPSA) is 35.6 Å². The Kier molecular flexibility index (Phi) is 6.89. The van der Waals surface area contributed by atoms with Gasteiger partial charge in [0.1, 0.15) is 5.69 Å². The molecule has 1 aliphatic rings. The van der Waals surface area contributed by atoms with Gasteiger partial charge in [-0.1, -0.05) is 28.8 Å². The van der Waals surface area contributed by atoms with Crippen molar-refractivity contribution in [3.8, 4) is 0 Å². The zero-order valence-corrected chi connectivity index (χ0v) is 19.6. The summed E-state index contributed by atoms with van der Waals surface area (Å²) in [7, 11) is 0. The molecule has 3 aromatic rings. The molecule has 0 unspecified atom stereocenters. The highest BCUT2D eigenvalue weighted by atomic mass is 35.5. The summed E-state index contributed by atoms with van der Waals surface area (Å²) in [6, 6.07) is 10.5. The van der Waals surface area contributed by atoms with E-state index in [-0.39, 0.29) is 32.1 Å². The van der Waals surface area contributed by atoms with Crippen molar-refractivity contribution in [2.24, 2.45) is 0 Å². The van der Waals surface area contributed by atoms with Gasteiger partial charge in [0.2, 0.25) is 5.82 Å². The molecule has 0 spiro atoms.